The summed E-state index contributed by atoms with van der Waals surface area (Å²) in [4.78, 5) is 3.69. The van der Waals surface area contributed by atoms with Crippen LogP contribution in [0.5, 0.6) is 0 Å². The van der Waals surface area contributed by atoms with Crippen molar-refractivity contribution < 1.29 is 22.0 Å². The minimum absolute atomic E-state index is 0.168. The minimum Gasteiger partial charge on any atom is -0.318 e. The topological polar surface area (TPSA) is 48.5 Å². The third-order valence-corrected chi connectivity index (χ3v) is 3.94. The van der Waals surface area contributed by atoms with Crippen LogP contribution < -0.4 is 0 Å². The molecule has 23 heavy (non-hydrogen) atoms. The first-order valence-electron chi connectivity index (χ1n) is 7.11. The zero-order valence-corrected chi connectivity index (χ0v) is 12.2. The van der Waals surface area contributed by atoms with E-state index in [9.17, 15) is 22.0 Å². The van der Waals surface area contributed by atoms with Crippen LogP contribution in [-0.4, -0.2) is 24.5 Å². The minimum atomic E-state index is -4.65. The number of rotatable bonds is 3. The molecule has 0 N–H and O–H groups in total. The molecule has 0 fully saturated rings. The van der Waals surface area contributed by atoms with Crippen LogP contribution >= 0.6 is 0 Å². The highest BCUT2D eigenvalue weighted by Crippen LogP contribution is 2.34. The van der Waals surface area contributed by atoms with Gasteiger partial charge in [0.1, 0.15) is 11.4 Å². The van der Waals surface area contributed by atoms with Crippen LogP contribution in [0.4, 0.5) is 22.0 Å². The summed E-state index contributed by atoms with van der Waals surface area (Å²) in [5.41, 5.74) is 0.204. The Balaban J connectivity index is 2.08. The van der Waals surface area contributed by atoms with E-state index >= 15 is 0 Å². The third-order valence-electron chi connectivity index (χ3n) is 3.94. The number of hydrogen-bond donors (Lipinski definition) is 0. The standard InChI is InChI=1S/C13H14F5N5/c1-22-10(11(14)15)8(20-21-22)6-23-9-5-3-2-4-7(9)19-12(23)13(16,17)18/h11H,2-6H2,1H3. The highest BCUT2D eigenvalue weighted by molar-refractivity contribution is 5.24. The fraction of sp³-hybridized carbons (Fsp3) is 0.615. The lowest BCUT2D eigenvalue weighted by Gasteiger charge is -2.15. The van der Waals surface area contributed by atoms with Gasteiger partial charge in [0.05, 0.1) is 12.2 Å². The first-order valence-corrected chi connectivity index (χ1v) is 7.11. The van der Waals surface area contributed by atoms with Gasteiger partial charge in [-0.05, 0) is 25.7 Å². The monoisotopic (exact) mass is 335 g/mol. The highest BCUT2D eigenvalue weighted by atomic mass is 19.4. The number of imidazole rings is 1. The Bertz CT molecular complexity index is 715. The molecule has 1 aliphatic rings. The summed E-state index contributed by atoms with van der Waals surface area (Å²) < 4.78 is 67.7. The molecule has 2 heterocycles. The molecular weight excluding hydrogens is 321 g/mol. The maximum Gasteiger partial charge on any atom is 0.449 e. The van der Waals surface area contributed by atoms with Gasteiger partial charge in [-0.3, -0.25) is 0 Å². The van der Waals surface area contributed by atoms with Crippen molar-refractivity contribution in [1.82, 2.24) is 24.5 Å². The van der Waals surface area contributed by atoms with E-state index in [2.05, 4.69) is 15.3 Å². The van der Waals surface area contributed by atoms with Gasteiger partial charge in [-0.1, -0.05) is 5.21 Å². The Morgan fingerprint density at radius 2 is 1.87 bits per heavy atom. The predicted octanol–water partition coefficient (Wildman–Crippen LogP) is 2.90. The van der Waals surface area contributed by atoms with Crippen molar-refractivity contribution in [3.63, 3.8) is 0 Å². The lowest BCUT2D eigenvalue weighted by Crippen LogP contribution is -2.18. The summed E-state index contributed by atoms with van der Waals surface area (Å²) in [6.07, 6.45) is -5.08. The van der Waals surface area contributed by atoms with Crippen molar-refractivity contribution in [1.29, 1.82) is 0 Å². The van der Waals surface area contributed by atoms with Crippen molar-refractivity contribution in [2.75, 3.05) is 0 Å². The smallest absolute Gasteiger partial charge is 0.318 e. The van der Waals surface area contributed by atoms with Crippen LogP contribution in [0, 0.1) is 0 Å². The van der Waals surface area contributed by atoms with Crippen molar-refractivity contribution in [2.45, 2.75) is 44.8 Å². The van der Waals surface area contributed by atoms with Crippen molar-refractivity contribution >= 4 is 0 Å². The average Bonchev–Trinajstić information content (AvgIpc) is 3.00. The number of aromatic nitrogens is 5. The molecular formula is C13H14F5N5. The predicted molar refractivity (Wildman–Crippen MR) is 68.9 cm³/mol. The van der Waals surface area contributed by atoms with Crippen LogP contribution in [0.15, 0.2) is 0 Å². The second-order valence-corrected chi connectivity index (χ2v) is 5.47. The molecule has 0 bridgehead atoms. The van der Waals surface area contributed by atoms with E-state index in [1.54, 1.807) is 0 Å². The molecule has 0 unspecified atom stereocenters. The first-order chi connectivity index (χ1) is 10.8. The molecule has 1 aliphatic carbocycles. The van der Waals surface area contributed by atoms with E-state index in [4.69, 9.17) is 0 Å². The van der Waals surface area contributed by atoms with Gasteiger partial charge in [-0.15, -0.1) is 5.10 Å². The van der Waals surface area contributed by atoms with E-state index in [0.29, 0.717) is 24.2 Å². The van der Waals surface area contributed by atoms with E-state index in [0.717, 1.165) is 22.1 Å². The summed E-state index contributed by atoms with van der Waals surface area (Å²) in [5, 5.41) is 7.09. The normalized spacial score (nSPS) is 15.3. The third kappa shape index (κ3) is 2.81. The lowest BCUT2D eigenvalue weighted by molar-refractivity contribution is -0.147. The second kappa shape index (κ2) is 5.57. The fourth-order valence-corrected chi connectivity index (χ4v) is 2.92. The quantitative estimate of drug-likeness (QED) is 0.811. The van der Waals surface area contributed by atoms with Crippen molar-refractivity contribution in [3.8, 4) is 0 Å². The van der Waals surface area contributed by atoms with Crippen LogP contribution in [0.1, 0.15) is 47.9 Å². The molecule has 0 spiro atoms. The summed E-state index contributed by atoms with van der Waals surface area (Å²) in [6, 6.07) is 0. The second-order valence-electron chi connectivity index (χ2n) is 5.47. The Morgan fingerprint density at radius 3 is 2.52 bits per heavy atom. The fourth-order valence-electron chi connectivity index (χ4n) is 2.92. The molecule has 0 atom stereocenters. The van der Waals surface area contributed by atoms with Gasteiger partial charge in [0.2, 0.25) is 5.82 Å². The summed E-state index contributed by atoms with van der Waals surface area (Å²) in [7, 11) is 1.28. The van der Waals surface area contributed by atoms with Gasteiger partial charge in [0.25, 0.3) is 6.43 Å². The molecule has 2 aromatic rings. The van der Waals surface area contributed by atoms with Crippen LogP contribution in [0.3, 0.4) is 0 Å². The maximum atomic E-state index is 13.2. The molecule has 0 amide bonds. The summed E-state index contributed by atoms with van der Waals surface area (Å²) in [5.74, 6) is -1.06. The number of hydrogen-bond acceptors (Lipinski definition) is 3. The molecule has 0 aliphatic heterocycles. The summed E-state index contributed by atoms with van der Waals surface area (Å²) >= 11 is 0. The number of halogens is 5. The zero-order chi connectivity index (χ0) is 16.8. The van der Waals surface area contributed by atoms with Crippen LogP contribution in [-0.2, 0) is 32.6 Å². The Hall–Kier alpha value is -2.00. The van der Waals surface area contributed by atoms with Crippen LogP contribution in [0.2, 0.25) is 0 Å². The molecule has 3 rings (SSSR count). The Kier molecular flexibility index (Phi) is 3.85. The molecule has 126 valence electrons. The van der Waals surface area contributed by atoms with Gasteiger partial charge in [-0.2, -0.15) is 13.2 Å². The SMILES string of the molecule is Cn1nnc(Cn2c(C(F)(F)F)nc3c2CCCC3)c1C(F)F. The number of alkyl halides is 5. The Morgan fingerprint density at radius 1 is 1.17 bits per heavy atom. The molecule has 0 aromatic carbocycles. The van der Waals surface area contributed by atoms with Crippen molar-refractivity contribution in [3.05, 3.63) is 28.6 Å². The molecule has 0 saturated heterocycles. The van der Waals surface area contributed by atoms with E-state index in [-0.39, 0.29) is 5.69 Å². The molecule has 0 saturated carbocycles. The van der Waals surface area contributed by atoms with E-state index in [1.165, 1.54) is 7.05 Å². The van der Waals surface area contributed by atoms with Crippen molar-refractivity contribution in [2.24, 2.45) is 7.05 Å². The lowest BCUT2D eigenvalue weighted by atomic mass is 10.0. The molecule has 2 aromatic heterocycles. The zero-order valence-electron chi connectivity index (χ0n) is 12.2. The van der Waals surface area contributed by atoms with Gasteiger partial charge in [0, 0.05) is 12.7 Å². The van der Waals surface area contributed by atoms with E-state index < -0.39 is 30.7 Å². The van der Waals surface area contributed by atoms with Gasteiger partial charge >= 0.3 is 6.18 Å². The first kappa shape index (κ1) is 15.9. The van der Waals surface area contributed by atoms with Crippen LogP contribution in [0.25, 0.3) is 0 Å². The molecule has 5 nitrogen and oxygen atoms in total. The van der Waals surface area contributed by atoms with Gasteiger partial charge < -0.3 is 4.57 Å². The number of aryl methyl sites for hydroxylation is 2. The molecule has 10 heteroatoms. The van der Waals surface area contributed by atoms with Gasteiger partial charge in [-0.25, -0.2) is 18.4 Å². The Labute approximate surface area is 128 Å². The maximum absolute atomic E-state index is 13.2. The average molecular weight is 335 g/mol. The highest BCUT2D eigenvalue weighted by Gasteiger charge is 2.39. The number of nitrogens with zero attached hydrogens (tertiary/aromatic N) is 5. The largest absolute Gasteiger partial charge is 0.449 e. The summed E-state index contributed by atoms with van der Waals surface area (Å²) in [6.45, 7) is -0.412. The molecule has 0 radical (unpaired) electrons. The van der Waals surface area contributed by atoms with E-state index in [1.807, 2.05) is 0 Å². The van der Waals surface area contributed by atoms with Gasteiger partial charge in [0.15, 0.2) is 0 Å². The number of fused-ring (bicyclic) bond motifs is 1.